The third-order valence-corrected chi connectivity index (χ3v) is 3.96. The Balaban J connectivity index is 1.67. The predicted molar refractivity (Wildman–Crippen MR) is 90.8 cm³/mol. The highest BCUT2D eigenvalue weighted by Gasteiger charge is 2.31. The van der Waals surface area contributed by atoms with Crippen LogP contribution >= 0.6 is 0 Å². The molecule has 0 aliphatic carbocycles. The first-order valence-electron chi connectivity index (χ1n) is 8.16. The highest BCUT2D eigenvalue weighted by molar-refractivity contribution is 5.99. The average molecular weight is 357 g/mol. The topological polar surface area (TPSA) is 106 Å². The fourth-order valence-electron chi connectivity index (χ4n) is 2.67. The van der Waals surface area contributed by atoms with Crippen LogP contribution in [0.3, 0.4) is 0 Å². The molecule has 0 radical (unpaired) electrons. The number of nitrogens with one attached hydrogen (secondary N) is 1. The fraction of sp³-hybridized carbons (Fsp3) is 0.353. The smallest absolute Gasteiger partial charge is 0.340 e. The van der Waals surface area contributed by atoms with Crippen molar-refractivity contribution >= 4 is 17.9 Å². The lowest BCUT2D eigenvalue weighted by molar-refractivity contribution is -0.136. The summed E-state index contributed by atoms with van der Waals surface area (Å²) in [6.07, 6.45) is 0.301. The molecule has 1 N–H and O–H groups in total. The summed E-state index contributed by atoms with van der Waals surface area (Å²) in [5.74, 6) is -0.663. The molecule has 1 fully saturated rings. The number of rotatable bonds is 4. The van der Waals surface area contributed by atoms with Crippen molar-refractivity contribution in [3.63, 3.8) is 0 Å². The minimum absolute atomic E-state index is 0.209. The van der Waals surface area contributed by atoms with Gasteiger partial charge < -0.3 is 10.1 Å². The number of imide groups is 1. The Morgan fingerprint density at radius 2 is 2.08 bits per heavy atom. The molecule has 1 saturated heterocycles. The summed E-state index contributed by atoms with van der Waals surface area (Å²) < 4.78 is 6.83. The van der Waals surface area contributed by atoms with Crippen LogP contribution in [0, 0.1) is 13.8 Å². The molecule has 1 aliphatic heterocycles. The molecule has 1 unspecified atom stereocenters. The van der Waals surface area contributed by atoms with Crippen LogP contribution in [0.1, 0.15) is 28.7 Å². The molecular formula is C17H19N5O4. The van der Waals surface area contributed by atoms with E-state index >= 15 is 0 Å². The molecule has 136 valence electrons. The van der Waals surface area contributed by atoms with Crippen LogP contribution in [-0.4, -0.2) is 56.8 Å². The number of pyridine rings is 1. The Morgan fingerprint density at radius 3 is 2.62 bits per heavy atom. The lowest BCUT2D eigenvalue weighted by Gasteiger charge is -2.18. The van der Waals surface area contributed by atoms with Gasteiger partial charge in [0.25, 0.3) is 5.91 Å². The van der Waals surface area contributed by atoms with Crippen LogP contribution in [0.25, 0.3) is 5.82 Å². The van der Waals surface area contributed by atoms with Gasteiger partial charge in [0.05, 0.1) is 11.3 Å². The Bertz CT molecular complexity index is 859. The monoisotopic (exact) mass is 357 g/mol. The van der Waals surface area contributed by atoms with Crippen molar-refractivity contribution in [2.24, 2.45) is 0 Å². The van der Waals surface area contributed by atoms with Gasteiger partial charge in [-0.1, -0.05) is 0 Å². The maximum atomic E-state index is 12.2. The summed E-state index contributed by atoms with van der Waals surface area (Å²) in [7, 11) is 0. The van der Waals surface area contributed by atoms with Gasteiger partial charge in [-0.2, -0.15) is 5.10 Å². The number of aromatic nitrogens is 3. The second kappa shape index (κ2) is 6.95. The second-order valence-electron chi connectivity index (χ2n) is 6.01. The second-order valence-corrected chi connectivity index (χ2v) is 6.01. The summed E-state index contributed by atoms with van der Waals surface area (Å²) >= 11 is 0. The number of aryl methyl sites for hydroxylation is 2. The molecule has 3 rings (SSSR count). The van der Waals surface area contributed by atoms with Gasteiger partial charge in [-0.3, -0.25) is 9.69 Å². The zero-order valence-electron chi connectivity index (χ0n) is 14.7. The van der Waals surface area contributed by atoms with Crippen LogP contribution in [0.2, 0.25) is 0 Å². The van der Waals surface area contributed by atoms with E-state index in [0.29, 0.717) is 12.4 Å². The van der Waals surface area contributed by atoms with E-state index in [1.54, 1.807) is 16.8 Å². The molecule has 1 aliphatic rings. The number of urea groups is 1. The molecule has 9 nitrogen and oxygen atoms in total. The van der Waals surface area contributed by atoms with E-state index in [4.69, 9.17) is 4.74 Å². The lowest BCUT2D eigenvalue weighted by atomic mass is 10.2. The first kappa shape index (κ1) is 17.6. The van der Waals surface area contributed by atoms with Gasteiger partial charge in [-0.05, 0) is 39.0 Å². The third kappa shape index (κ3) is 3.41. The molecule has 26 heavy (non-hydrogen) atoms. The average Bonchev–Trinajstić information content (AvgIpc) is 3.19. The Kier molecular flexibility index (Phi) is 4.70. The summed E-state index contributed by atoms with van der Waals surface area (Å²) in [6.45, 7) is 5.88. The van der Waals surface area contributed by atoms with Gasteiger partial charge in [0.15, 0.2) is 11.9 Å². The molecule has 0 bridgehead atoms. The van der Waals surface area contributed by atoms with Crippen LogP contribution < -0.4 is 5.32 Å². The van der Waals surface area contributed by atoms with Crippen LogP contribution in [0.5, 0.6) is 0 Å². The first-order chi connectivity index (χ1) is 12.4. The maximum absolute atomic E-state index is 12.2. The number of hydrogen-bond acceptors (Lipinski definition) is 6. The number of carbonyl (C=O) groups is 3. The molecule has 2 aromatic heterocycles. The van der Waals surface area contributed by atoms with Crippen molar-refractivity contribution in [2.45, 2.75) is 26.9 Å². The molecule has 0 aromatic carbocycles. The van der Waals surface area contributed by atoms with Gasteiger partial charge in [0.2, 0.25) is 0 Å². The normalized spacial score (nSPS) is 14.9. The third-order valence-electron chi connectivity index (χ3n) is 3.96. The molecule has 3 amide bonds. The lowest BCUT2D eigenvalue weighted by Crippen LogP contribution is -2.41. The van der Waals surface area contributed by atoms with Crippen molar-refractivity contribution in [3.8, 4) is 5.82 Å². The van der Waals surface area contributed by atoms with E-state index in [1.165, 1.54) is 13.1 Å². The number of nitrogens with zero attached hydrogens (tertiary/aromatic N) is 4. The standard InChI is InChI=1S/C17H19N5O4/c1-10-8-11(2)22(20-10)14-5-4-13(9-19-14)16(24)26-12(3)15(23)21-7-6-18-17(21)25/h4-5,8-9,12H,6-7H2,1-3H3,(H,18,25). The Hall–Kier alpha value is -3.23. The van der Waals surface area contributed by atoms with E-state index in [0.717, 1.165) is 16.3 Å². The first-order valence-corrected chi connectivity index (χ1v) is 8.16. The zero-order chi connectivity index (χ0) is 18.8. The highest BCUT2D eigenvalue weighted by Crippen LogP contribution is 2.12. The van der Waals surface area contributed by atoms with E-state index in [9.17, 15) is 14.4 Å². The maximum Gasteiger partial charge on any atom is 0.340 e. The number of esters is 1. The van der Waals surface area contributed by atoms with Gasteiger partial charge >= 0.3 is 12.0 Å². The molecule has 1 atom stereocenters. The molecule has 3 heterocycles. The van der Waals surface area contributed by atoms with Crippen LogP contribution in [-0.2, 0) is 9.53 Å². The SMILES string of the molecule is Cc1cc(C)n(-c2ccc(C(=O)OC(C)C(=O)N3CCNC3=O)cn2)n1. The zero-order valence-corrected chi connectivity index (χ0v) is 14.7. The molecule has 9 heteroatoms. The van der Waals surface area contributed by atoms with Crippen LogP contribution in [0.15, 0.2) is 24.4 Å². The van der Waals surface area contributed by atoms with Crippen LogP contribution in [0.4, 0.5) is 4.79 Å². The molecule has 0 saturated carbocycles. The molecule has 0 spiro atoms. The van der Waals surface area contributed by atoms with E-state index in [2.05, 4.69) is 15.4 Å². The predicted octanol–water partition coefficient (Wildman–Crippen LogP) is 0.981. The summed E-state index contributed by atoms with van der Waals surface area (Å²) in [6, 6.07) is 4.65. The highest BCUT2D eigenvalue weighted by atomic mass is 16.5. The number of ether oxygens (including phenoxy) is 1. The Labute approximate surface area is 150 Å². The van der Waals surface area contributed by atoms with Crippen molar-refractivity contribution in [2.75, 3.05) is 13.1 Å². The van der Waals surface area contributed by atoms with Crippen molar-refractivity contribution in [3.05, 3.63) is 41.3 Å². The largest absolute Gasteiger partial charge is 0.449 e. The summed E-state index contributed by atoms with van der Waals surface area (Å²) in [4.78, 5) is 41.1. The number of amides is 3. The van der Waals surface area contributed by atoms with E-state index < -0.39 is 24.0 Å². The summed E-state index contributed by atoms with van der Waals surface area (Å²) in [5, 5.41) is 6.85. The van der Waals surface area contributed by atoms with Gasteiger partial charge in [0.1, 0.15) is 0 Å². The minimum atomic E-state index is -1.07. The van der Waals surface area contributed by atoms with E-state index in [-0.39, 0.29) is 12.1 Å². The Morgan fingerprint density at radius 1 is 1.31 bits per heavy atom. The van der Waals surface area contributed by atoms with Gasteiger partial charge in [-0.25, -0.2) is 19.3 Å². The van der Waals surface area contributed by atoms with E-state index in [1.807, 2.05) is 19.9 Å². The number of hydrogen-bond donors (Lipinski definition) is 1. The van der Waals surface area contributed by atoms with Crippen molar-refractivity contribution in [1.82, 2.24) is 25.0 Å². The molecule has 2 aromatic rings. The van der Waals surface area contributed by atoms with Crippen molar-refractivity contribution < 1.29 is 19.1 Å². The van der Waals surface area contributed by atoms with Gasteiger partial charge in [-0.15, -0.1) is 0 Å². The molecular weight excluding hydrogens is 338 g/mol. The number of carbonyl (C=O) groups excluding carboxylic acids is 3. The summed E-state index contributed by atoms with van der Waals surface area (Å²) in [5.41, 5.74) is 2.00. The van der Waals surface area contributed by atoms with Crippen molar-refractivity contribution in [1.29, 1.82) is 0 Å². The minimum Gasteiger partial charge on any atom is -0.449 e. The quantitative estimate of drug-likeness (QED) is 0.818. The fourth-order valence-corrected chi connectivity index (χ4v) is 2.67. The van der Waals surface area contributed by atoms with Gasteiger partial charge in [0, 0.05) is 25.0 Å².